The first-order chi connectivity index (χ1) is 8.66. The average Bonchev–Trinajstić information content (AvgIpc) is 2.77. The highest BCUT2D eigenvalue weighted by Crippen LogP contribution is 2.31. The van der Waals surface area contributed by atoms with E-state index in [9.17, 15) is 0 Å². The number of fused-ring (bicyclic) bond motifs is 1. The monoisotopic (exact) mass is 251 g/mol. The summed E-state index contributed by atoms with van der Waals surface area (Å²) in [6.45, 7) is 7.39. The molecule has 2 N–H and O–H groups in total. The summed E-state index contributed by atoms with van der Waals surface area (Å²) in [5.41, 5.74) is 6.69. The maximum absolute atomic E-state index is 6.56. The number of rotatable bonds is 2. The molecule has 0 bridgehead atoms. The SMILES string of the molecule is CC1CN2CCCCC2CN1CC1(N)CCCC1. The molecule has 3 rings (SSSR count). The van der Waals surface area contributed by atoms with Crippen molar-refractivity contribution in [2.45, 2.75) is 69.5 Å². The molecule has 2 saturated heterocycles. The molecule has 3 heteroatoms. The number of nitrogens with zero attached hydrogens (tertiary/aromatic N) is 2. The lowest BCUT2D eigenvalue weighted by atomic mass is 9.93. The van der Waals surface area contributed by atoms with Crippen molar-refractivity contribution in [3.8, 4) is 0 Å². The lowest BCUT2D eigenvalue weighted by Crippen LogP contribution is -2.62. The van der Waals surface area contributed by atoms with Crippen molar-refractivity contribution >= 4 is 0 Å². The maximum Gasteiger partial charge on any atom is 0.0283 e. The minimum absolute atomic E-state index is 0.130. The molecule has 18 heavy (non-hydrogen) atoms. The van der Waals surface area contributed by atoms with Crippen molar-refractivity contribution in [2.75, 3.05) is 26.2 Å². The van der Waals surface area contributed by atoms with Crippen LogP contribution in [0.2, 0.25) is 0 Å². The van der Waals surface area contributed by atoms with Crippen LogP contribution in [-0.4, -0.2) is 53.6 Å². The van der Waals surface area contributed by atoms with Gasteiger partial charge in [0, 0.05) is 37.3 Å². The van der Waals surface area contributed by atoms with E-state index in [2.05, 4.69) is 16.7 Å². The highest BCUT2D eigenvalue weighted by atomic mass is 15.3. The van der Waals surface area contributed by atoms with Crippen molar-refractivity contribution in [3.63, 3.8) is 0 Å². The summed E-state index contributed by atoms with van der Waals surface area (Å²) in [6.07, 6.45) is 9.40. The normalized spacial score (nSPS) is 37.7. The highest BCUT2D eigenvalue weighted by Gasteiger charge is 2.38. The lowest BCUT2D eigenvalue weighted by Gasteiger charge is -2.49. The van der Waals surface area contributed by atoms with Gasteiger partial charge < -0.3 is 5.73 Å². The molecule has 2 atom stereocenters. The van der Waals surface area contributed by atoms with Crippen LogP contribution in [0, 0.1) is 0 Å². The zero-order valence-electron chi connectivity index (χ0n) is 11.9. The summed E-state index contributed by atoms with van der Waals surface area (Å²) in [6, 6.07) is 1.51. The molecule has 0 aromatic carbocycles. The fraction of sp³-hybridized carbons (Fsp3) is 1.00. The second-order valence-corrected chi connectivity index (χ2v) is 6.99. The van der Waals surface area contributed by atoms with E-state index < -0.39 is 0 Å². The van der Waals surface area contributed by atoms with Gasteiger partial charge in [-0.15, -0.1) is 0 Å². The summed E-state index contributed by atoms with van der Waals surface area (Å²) in [5.74, 6) is 0. The molecule has 3 aliphatic rings. The van der Waals surface area contributed by atoms with Gasteiger partial charge in [-0.05, 0) is 39.2 Å². The Balaban J connectivity index is 1.61. The molecule has 2 aliphatic heterocycles. The molecule has 0 aromatic heterocycles. The van der Waals surface area contributed by atoms with E-state index in [1.807, 2.05) is 0 Å². The first kappa shape index (κ1) is 12.9. The number of piperazine rings is 1. The molecule has 3 nitrogen and oxygen atoms in total. The van der Waals surface area contributed by atoms with Gasteiger partial charge in [0.1, 0.15) is 0 Å². The molecular formula is C15H29N3. The summed E-state index contributed by atoms with van der Waals surface area (Å²) >= 11 is 0. The summed E-state index contributed by atoms with van der Waals surface area (Å²) in [7, 11) is 0. The third-order valence-electron chi connectivity index (χ3n) is 5.43. The summed E-state index contributed by atoms with van der Waals surface area (Å²) < 4.78 is 0. The van der Waals surface area contributed by atoms with Gasteiger partial charge in [0.25, 0.3) is 0 Å². The Morgan fingerprint density at radius 2 is 1.89 bits per heavy atom. The number of nitrogens with two attached hydrogens (primary N) is 1. The van der Waals surface area contributed by atoms with Crippen LogP contribution in [0.4, 0.5) is 0 Å². The van der Waals surface area contributed by atoms with Crippen LogP contribution in [0.15, 0.2) is 0 Å². The Morgan fingerprint density at radius 1 is 1.11 bits per heavy atom. The van der Waals surface area contributed by atoms with Gasteiger partial charge in [-0.3, -0.25) is 9.80 Å². The minimum Gasteiger partial charge on any atom is -0.324 e. The number of hydrogen-bond donors (Lipinski definition) is 1. The zero-order chi connectivity index (χ0) is 12.6. The first-order valence-corrected chi connectivity index (χ1v) is 7.93. The largest absolute Gasteiger partial charge is 0.324 e. The number of hydrogen-bond acceptors (Lipinski definition) is 3. The van der Waals surface area contributed by atoms with E-state index in [1.165, 1.54) is 64.6 Å². The molecular weight excluding hydrogens is 222 g/mol. The fourth-order valence-electron chi connectivity index (χ4n) is 4.27. The van der Waals surface area contributed by atoms with Crippen molar-refractivity contribution in [3.05, 3.63) is 0 Å². The van der Waals surface area contributed by atoms with Crippen LogP contribution in [-0.2, 0) is 0 Å². The van der Waals surface area contributed by atoms with Gasteiger partial charge in [-0.2, -0.15) is 0 Å². The van der Waals surface area contributed by atoms with Gasteiger partial charge in [-0.1, -0.05) is 19.3 Å². The molecule has 0 aromatic rings. The van der Waals surface area contributed by atoms with Crippen LogP contribution in [0.25, 0.3) is 0 Å². The van der Waals surface area contributed by atoms with Crippen molar-refractivity contribution in [1.82, 2.24) is 9.80 Å². The molecule has 0 amide bonds. The predicted octanol–water partition coefficient (Wildman–Crippen LogP) is 1.82. The molecule has 1 aliphatic carbocycles. The maximum atomic E-state index is 6.56. The highest BCUT2D eigenvalue weighted by molar-refractivity contribution is 4.96. The van der Waals surface area contributed by atoms with Crippen LogP contribution < -0.4 is 5.73 Å². The van der Waals surface area contributed by atoms with Gasteiger partial charge in [0.05, 0.1) is 0 Å². The van der Waals surface area contributed by atoms with Crippen LogP contribution >= 0.6 is 0 Å². The second kappa shape index (κ2) is 5.10. The van der Waals surface area contributed by atoms with E-state index in [0.29, 0.717) is 6.04 Å². The molecule has 0 radical (unpaired) electrons. The van der Waals surface area contributed by atoms with E-state index in [4.69, 9.17) is 5.73 Å². The van der Waals surface area contributed by atoms with Gasteiger partial charge in [0.15, 0.2) is 0 Å². The smallest absolute Gasteiger partial charge is 0.0283 e. The third-order valence-corrected chi connectivity index (χ3v) is 5.43. The lowest BCUT2D eigenvalue weighted by molar-refractivity contribution is 0.00494. The van der Waals surface area contributed by atoms with Gasteiger partial charge >= 0.3 is 0 Å². The summed E-state index contributed by atoms with van der Waals surface area (Å²) in [4.78, 5) is 5.42. The first-order valence-electron chi connectivity index (χ1n) is 7.93. The van der Waals surface area contributed by atoms with Crippen LogP contribution in [0.5, 0.6) is 0 Å². The molecule has 104 valence electrons. The predicted molar refractivity (Wildman–Crippen MR) is 75.6 cm³/mol. The molecule has 1 saturated carbocycles. The minimum atomic E-state index is 0.130. The van der Waals surface area contributed by atoms with Crippen molar-refractivity contribution < 1.29 is 0 Å². The Labute approximate surface area is 112 Å². The van der Waals surface area contributed by atoms with E-state index in [0.717, 1.165) is 12.6 Å². The quantitative estimate of drug-likeness (QED) is 0.812. The summed E-state index contributed by atoms with van der Waals surface area (Å²) in [5, 5.41) is 0. The van der Waals surface area contributed by atoms with Gasteiger partial charge in [0.2, 0.25) is 0 Å². The molecule has 2 heterocycles. The third kappa shape index (κ3) is 2.59. The molecule has 3 fully saturated rings. The van der Waals surface area contributed by atoms with E-state index >= 15 is 0 Å². The standard InChI is InChI=1S/C15H29N3/c1-13-10-17-9-5-2-6-14(17)11-18(13)12-15(16)7-3-4-8-15/h13-14H,2-12,16H2,1H3. The Bertz CT molecular complexity index is 285. The fourth-order valence-corrected chi connectivity index (χ4v) is 4.27. The topological polar surface area (TPSA) is 32.5 Å². The van der Waals surface area contributed by atoms with Crippen LogP contribution in [0.1, 0.15) is 51.9 Å². The van der Waals surface area contributed by atoms with Crippen molar-refractivity contribution in [1.29, 1.82) is 0 Å². The van der Waals surface area contributed by atoms with Crippen LogP contribution in [0.3, 0.4) is 0 Å². The Hall–Kier alpha value is -0.120. The Kier molecular flexibility index (Phi) is 3.65. The zero-order valence-corrected chi connectivity index (χ0v) is 11.9. The average molecular weight is 251 g/mol. The number of piperidine rings is 1. The molecule has 2 unspecified atom stereocenters. The van der Waals surface area contributed by atoms with E-state index in [1.54, 1.807) is 0 Å². The van der Waals surface area contributed by atoms with Gasteiger partial charge in [-0.25, -0.2) is 0 Å². The molecule has 0 spiro atoms. The Morgan fingerprint density at radius 3 is 2.67 bits per heavy atom. The van der Waals surface area contributed by atoms with Crippen molar-refractivity contribution in [2.24, 2.45) is 5.73 Å². The van der Waals surface area contributed by atoms with E-state index in [-0.39, 0.29) is 5.54 Å². The second-order valence-electron chi connectivity index (χ2n) is 6.99.